The van der Waals surface area contributed by atoms with Crippen LogP contribution in [0.25, 0.3) is 0 Å². The van der Waals surface area contributed by atoms with Crippen molar-refractivity contribution in [1.82, 2.24) is 24.6 Å². The van der Waals surface area contributed by atoms with E-state index >= 15 is 0 Å². The topological polar surface area (TPSA) is 272 Å². The van der Waals surface area contributed by atoms with Crippen LogP contribution in [-0.4, -0.2) is 25.2 Å². The summed E-state index contributed by atoms with van der Waals surface area (Å²) in [6, 6.07) is 0. The van der Waals surface area contributed by atoms with Gasteiger partial charge in [0.1, 0.15) is 0 Å². The number of carboxylic acid groups (broad SMARTS) is 2. The van der Waals surface area contributed by atoms with E-state index in [1.54, 1.807) is 13.8 Å². The SMILES string of the molecule is CC[O-].CC[O-].O=C([O-])/C=C/C(=O)[O-].[NH4+].[NH4+].[NH4+].[NH4+]. The zero-order valence-electron chi connectivity index (χ0n) is 12.0. The summed E-state index contributed by atoms with van der Waals surface area (Å²) >= 11 is 0. The minimum atomic E-state index is -1.55. The molecule has 16 N–H and O–H groups in total. The highest BCUT2D eigenvalue weighted by Gasteiger charge is 1.70. The Kier molecular flexibility index (Phi) is 110. The fourth-order valence-electron chi connectivity index (χ4n) is 0.136. The van der Waals surface area contributed by atoms with Crippen LogP contribution in [0.5, 0.6) is 0 Å². The molecule has 0 spiro atoms. The lowest BCUT2D eigenvalue weighted by Crippen LogP contribution is -2.23. The molecule has 0 aromatic heterocycles. The first-order valence-electron chi connectivity index (χ1n) is 3.72. The monoisotopic (exact) mass is 276 g/mol. The van der Waals surface area contributed by atoms with E-state index in [2.05, 4.69) is 0 Å². The van der Waals surface area contributed by atoms with Crippen LogP contribution < -0.4 is 45.0 Å². The average molecular weight is 276 g/mol. The fourth-order valence-corrected chi connectivity index (χ4v) is 0.136. The highest BCUT2D eigenvalue weighted by Crippen LogP contribution is 1.64. The molecule has 0 radical (unpaired) electrons. The van der Waals surface area contributed by atoms with Crippen molar-refractivity contribution < 1.29 is 30.0 Å². The summed E-state index contributed by atoms with van der Waals surface area (Å²) in [6.07, 6.45) is 0.769. The Hall–Kier alpha value is -1.56. The number of carbonyl (C=O) groups excluding carboxylic acids is 2. The first kappa shape index (κ1) is 44.0. The number of hydrogen-bond donors (Lipinski definition) is 4. The normalized spacial score (nSPS) is 6.22. The van der Waals surface area contributed by atoms with Crippen molar-refractivity contribution in [3.05, 3.63) is 12.2 Å². The van der Waals surface area contributed by atoms with Crippen molar-refractivity contribution in [3.63, 3.8) is 0 Å². The van der Waals surface area contributed by atoms with Gasteiger partial charge in [-0.05, 0) is 12.2 Å². The first-order chi connectivity index (χ1) is 6.45. The summed E-state index contributed by atoms with van der Waals surface area (Å²) in [6.45, 7) is 3.14. The van der Waals surface area contributed by atoms with E-state index in [0.29, 0.717) is 12.2 Å². The highest BCUT2D eigenvalue weighted by molar-refractivity contribution is 5.87. The van der Waals surface area contributed by atoms with Crippen LogP contribution in [0, 0.1) is 0 Å². The van der Waals surface area contributed by atoms with Gasteiger partial charge in [-0.1, -0.05) is 13.8 Å². The predicted octanol–water partition coefficient (Wildman–Crippen LogP) is -2.72. The summed E-state index contributed by atoms with van der Waals surface area (Å²) in [4.78, 5) is 18.8. The molecule has 0 atom stereocenters. The molecule has 0 unspecified atom stereocenters. The van der Waals surface area contributed by atoms with Crippen molar-refractivity contribution >= 4 is 11.9 Å². The van der Waals surface area contributed by atoms with Crippen LogP contribution in [0.15, 0.2) is 12.2 Å². The van der Waals surface area contributed by atoms with Crippen LogP contribution in [-0.2, 0) is 9.59 Å². The Labute approximate surface area is 107 Å². The second-order valence-corrected chi connectivity index (χ2v) is 1.55. The molecule has 116 valence electrons. The molecule has 0 aliphatic heterocycles. The van der Waals surface area contributed by atoms with Crippen molar-refractivity contribution in [2.24, 2.45) is 0 Å². The van der Waals surface area contributed by atoms with Gasteiger partial charge < -0.3 is 54.6 Å². The van der Waals surface area contributed by atoms with E-state index in [4.69, 9.17) is 10.2 Å². The molecule has 0 aliphatic rings. The van der Waals surface area contributed by atoms with Crippen LogP contribution >= 0.6 is 0 Å². The lowest BCUT2D eigenvalue weighted by Gasteiger charge is -1.90. The smallest absolute Gasteiger partial charge is 0.0643 e. The standard InChI is InChI=1S/C4H4O4.2C2H5O.4H3N/c5-3(6)1-2-4(7)8;2*1-2-3;;;;/h1-2H,(H,5,6)(H,7,8);2*2H2,1H3;4*1H3/q;2*-1;;;;/p+2/b2-1+;;;;;;. The number of carbonyl (C=O) groups is 2. The maximum atomic E-state index is 9.41. The minimum absolute atomic E-state index is 0. The van der Waals surface area contributed by atoms with E-state index in [9.17, 15) is 19.8 Å². The zero-order valence-corrected chi connectivity index (χ0v) is 12.0. The third-order valence-electron chi connectivity index (χ3n) is 0.355. The van der Waals surface area contributed by atoms with Gasteiger partial charge >= 0.3 is 0 Å². The van der Waals surface area contributed by atoms with Gasteiger partial charge in [-0.15, -0.1) is 13.2 Å². The first-order valence-corrected chi connectivity index (χ1v) is 3.72. The Morgan fingerprint density at radius 1 is 0.778 bits per heavy atom. The quantitative estimate of drug-likeness (QED) is 0.388. The second-order valence-electron chi connectivity index (χ2n) is 1.55. The predicted molar refractivity (Wildman–Crippen MR) is 64.2 cm³/mol. The van der Waals surface area contributed by atoms with Gasteiger partial charge in [0.2, 0.25) is 0 Å². The molecule has 0 aromatic rings. The van der Waals surface area contributed by atoms with Gasteiger partial charge in [-0.3, -0.25) is 0 Å². The molecule has 0 bridgehead atoms. The summed E-state index contributed by atoms with van der Waals surface area (Å²) in [5, 5.41) is 36.7. The lowest BCUT2D eigenvalue weighted by molar-refractivity contribution is -0.362. The molecule has 0 aliphatic carbocycles. The van der Waals surface area contributed by atoms with Gasteiger partial charge in [-0.2, -0.15) is 0 Å². The van der Waals surface area contributed by atoms with Crippen LogP contribution in [0.2, 0.25) is 0 Å². The number of carboxylic acids is 2. The fraction of sp³-hybridized carbons (Fsp3) is 0.500. The number of aliphatic carboxylic acids is 2. The molecule has 0 aromatic carbocycles. The van der Waals surface area contributed by atoms with Gasteiger partial charge in [0.15, 0.2) is 0 Å². The molecule has 0 fully saturated rings. The Balaban J connectivity index is -0.0000000213. The Morgan fingerprint density at radius 3 is 0.944 bits per heavy atom. The third kappa shape index (κ3) is 220. The maximum absolute atomic E-state index is 9.41. The van der Waals surface area contributed by atoms with Crippen molar-refractivity contribution in [1.29, 1.82) is 0 Å². The molecule has 10 nitrogen and oxygen atoms in total. The lowest BCUT2D eigenvalue weighted by atomic mass is 10.5. The zero-order chi connectivity index (χ0) is 12.0. The molecule has 0 rings (SSSR count). The molecular weight excluding hydrogens is 248 g/mol. The van der Waals surface area contributed by atoms with E-state index in [0.717, 1.165) is 0 Å². The number of quaternary nitrogens is 4. The summed E-state index contributed by atoms with van der Waals surface area (Å²) in [5.41, 5.74) is 0. The average Bonchev–Trinajstić information content (AvgIpc) is 2.04. The highest BCUT2D eigenvalue weighted by atomic mass is 16.4. The summed E-state index contributed by atoms with van der Waals surface area (Å²) in [7, 11) is 0. The molecular formula is C8H28N4O6. The minimum Gasteiger partial charge on any atom is -0.855 e. The Bertz CT molecular complexity index is 159. The molecule has 0 saturated heterocycles. The number of rotatable bonds is 2. The number of hydrogen-bond acceptors (Lipinski definition) is 6. The molecule has 0 heterocycles. The van der Waals surface area contributed by atoms with E-state index in [1.165, 1.54) is 0 Å². The van der Waals surface area contributed by atoms with Gasteiger partial charge in [-0.25, -0.2) is 0 Å². The molecule has 0 saturated carbocycles. The molecule has 18 heavy (non-hydrogen) atoms. The van der Waals surface area contributed by atoms with Crippen LogP contribution in [0.4, 0.5) is 0 Å². The van der Waals surface area contributed by atoms with Gasteiger partial charge in [0.05, 0.1) is 11.9 Å². The molecule has 10 heteroatoms. The molecule has 0 amide bonds. The van der Waals surface area contributed by atoms with Crippen molar-refractivity contribution in [2.45, 2.75) is 13.8 Å². The van der Waals surface area contributed by atoms with Crippen LogP contribution in [0.3, 0.4) is 0 Å². The van der Waals surface area contributed by atoms with Crippen molar-refractivity contribution in [3.8, 4) is 0 Å². The van der Waals surface area contributed by atoms with Gasteiger partial charge in [0, 0.05) is 0 Å². The largest absolute Gasteiger partial charge is 0.855 e. The van der Waals surface area contributed by atoms with E-state index in [-0.39, 0.29) is 37.8 Å². The van der Waals surface area contributed by atoms with Crippen LogP contribution in [0.1, 0.15) is 13.8 Å². The van der Waals surface area contributed by atoms with E-state index < -0.39 is 11.9 Å². The summed E-state index contributed by atoms with van der Waals surface area (Å²) < 4.78 is 0. The van der Waals surface area contributed by atoms with E-state index in [1.807, 2.05) is 0 Å². The van der Waals surface area contributed by atoms with Gasteiger partial charge in [0.25, 0.3) is 0 Å². The third-order valence-corrected chi connectivity index (χ3v) is 0.355. The maximum Gasteiger partial charge on any atom is 0.0643 e. The second kappa shape index (κ2) is 45.2. The summed E-state index contributed by atoms with van der Waals surface area (Å²) in [5.74, 6) is -3.09. The van der Waals surface area contributed by atoms with Crippen molar-refractivity contribution in [2.75, 3.05) is 13.2 Å². The Morgan fingerprint density at radius 2 is 0.889 bits per heavy atom.